The van der Waals surface area contributed by atoms with Gasteiger partial charge in [-0.15, -0.1) is 11.3 Å². The zero-order valence-electron chi connectivity index (χ0n) is 10.9. The lowest BCUT2D eigenvalue weighted by atomic mass is 10.2. The predicted molar refractivity (Wildman–Crippen MR) is 80.8 cm³/mol. The number of halogens is 2. The fourth-order valence-electron chi connectivity index (χ4n) is 1.69. The van der Waals surface area contributed by atoms with Crippen LogP contribution in [0.5, 0.6) is 0 Å². The molecule has 1 N–H and O–H groups in total. The summed E-state index contributed by atoms with van der Waals surface area (Å²) in [5.74, 6) is -0.232. The summed E-state index contributed by atoms with van der Waals surface area (Å²) in [6.45, 7) is 4.92. The van der Waals surface area contributed by atoms with Crippen molar-refractivity contribution in [2.45, 2.75) is 32.9 Å². The Morgan fingerprint density at radius 3 is 2.89 bits per heavy atom. The van der Waals surface area contributed by atoms with Gasteiger partial charge in [0.1, 0.15) is 10.8 Å². The van der Waals surface area contributed by atoms with Crippen molar-refractivity contribution in [3.63, 3.8) is 0 Å². The minimum absolute atomic E-state index is 0.203. The molecule has 5 heteroatoms. The maximum absolute atomic E-state index is 13.1. The summed E-state index contributed by atoms with van der Waals surface area (Å²) in [7, 11) is 0. The van der Waals surface area contributed by atoms with E-state index in [1.807, 2.05) is 6.20 Å². The van der Waals surface area contributed by atoms with E-state index in [-0.39, 0.29) is 11.9 Å². The minimum Gasteiger partial charge on any atom is -0.304 e. The van der Waals surface area contributed by atoms with Crippen LogP contribution in [0.25, 0.3) is 0 Å². The third-order valence-corrected chi connectivity index (χ3v) is 4.82. The summed E-state index contributed by atoms with van der Waals surface area (Å²) < 4.78 is 13.6. The highest BCUT2D eigenvalue weighted by molar-refractivity contribution is 9.10. The van der Waals surface area contributed by atoms with E-state index in [0.29, 0.717) is 11.0 Å². The fraction of sp³-hybridized carbons (Fsp3) is 0.357. The first-order valence-corrected chi connectivity index (χ1v) is 7.83. The van der Waals surface area contributed by atoms with Gasteiger partial charge in [0.25, 0.3) is 0 Å². The Balaban J connectivity index is 1.95. The normalized spacial score (nSPS) is 12.6. The third-order valence-electron chi connectivity index (χ3n) is 2.89. The van der Waals surface area contributed by atoms with Crippen molar-refractivity contribution in [2.24, 2.45) is 0 Å². The van der Waals surface area contributed by atoms with E-state index in [4.69, 9.17) is 0 Å². The van der Waals surface area contributed by atoms with Crippen molar-refractivity contribution in [2.75, 3.05) is 0 Å². The molecule has 19 heavy (non-hydrogen) atoms. The van der Waals surface area contributed by atoms with Crippen LogP contribution in [-0.2, 0) is 13.0 Å². The van der Waals surface area contributed by atoms with Crippen LogP contribution >= 0.6 is 27.3 Å². The SMILES string of the molecule is CCc1cnc(C(C)NCc2ccc(F)c(Br)c2)s1. The second-order valence-electron chi connectivity index (χ2n) is 4.37. The highest BCUT2D eigenvalue weighted by Crippen LogP contribution is 2.21. The van der Waals surface area contributed by atoms with Gasteiger partial charge < -0.3 is 5.32 Å². The molecule has 0 saturated heterocycles. The zero-order chi connectivity index (χ0) is 13.8. The van der Waals surface area contributed by atoms with Crippen molar-refractivity contribution >= 4 is 27.3 Å². The summed E-state index contributed by atoms with van der Waals surface area (Å²) in [4.78, 5) is 5.72. The molecule has 0 fully saturated rings. The Kier molecular flexibility index (Phi) is 5.07. The van der Waals surface area contributed by atoms with Crippen LogP contribution in [0.1, 0.15) is 35.3 Å². The number of thiazole rings is 1. The van der Waals surface area contributed by atoms with E-state index in [1.54, 1.807) is 23.5 Å². The summed E-state index contributed by atoms with van der Waals surface area (Å²) in [5.41, 5.74) is 1.05. The summed E-state index contributed by atoms with van der Waals surface area (Å²) in [6.07, 6.45) is 2.96. The second kappa shape index (κ2) is 6.59. The molecule has 2 nitrogen and oxygen atoms in total. The first-order chi connectivity index (χ1) is 9.10. The van der Waals surface area contributed by atoms with E-state index in [1.165, 1.54) is 10.9 Å². The molecule has 1 heterocycles. The molecule has 0 aliphatic heterocycles. The highest BCUT2D eigenvalue weighted by Gasteiger charge is 2.10. The molecule has 0 saturated carbocycles. The molecule has 0 aliphatic carbocycles. The molecule has 0 aliphatic rings. The zero-order valence-corrected chi connectivity index (χ0v) is 13.3. The number of aryl methyl sites for hydroxylation is 1. The number of hydrogen-bond donors (Lipinski definition) is 1. The molecule has 1 aromatic heterocycles. The van der Waals surface area contributed by atoms with Crippen LogP contribution in [0, 0.1) is 5.82 Å². The maximum Gasteiger partial charge on any atom is 0.137 e. The van der Waals surface area contributed by atoms with E-state index >= 15 is 0 Å². The van der Waals surface area contributed by atoms with Gasteiger partial charge >= 0.3 is 0 Å². The quantitative estimate of drug-likeness (QED) is 0.867. The van der Waals surface area contributed by atoms with Gasteiger partial charge in [0.05, 0.1) is 10.5 Å². The fourth-order valence-corrected chi connectivity index (χ4v) is 3.00. The maximum atomic E-state index is 13.1. The molecule has 0 amide bonds. The molecular weight excluding hydrogens is 327 g/mol. The number of rotatable bonds is 5. The van der Waals surface area contributed by atoms with E-state index in [0.717, 1.165) is 17.0 Å². The number of aromatic nitrogens is 1. The standard InChI is InChI=1S/C14H16BrFN2S/c1-3-11-8-18-14(19-11)9(2)17-7-10-4-5-13(16)12(15)6-10/h4-6,8-9,17H,3,7H2,1-2H3. The molecule has 0 bridgehead atoms. The Morgan fingerprint density at radius 2 is 2.26 bits per heavy atom. The molecule has 0 radical (unpaired) electrons. The van der Waals surface area contributed by atoms with Crippen LogP contribution in [0.2, 0.25) is 0 Å². The number of nitrogens with zero attached hydrogens (tertiary/aromatic N) is 1. The van der Waals surface area contributed by atoms with Crippen LogP contribution < -0.4 is 5.32 Å². The van der Waals surface area contributed by atoms with Crippen molar-refractivity contribution in [3.05, 3.63) is 50.1 Å². The predicted octanol–water partition coefficient (Wildman–Crippen LogP) is 4.46. The van der Waals surface area contributed by atoms with Crippen LogP contribution in [0.15, 0.2) is 28.9 Å². The van der Waals surface area contributed by atoms with Crippen LogP contribution in [0.3, 0.4) is 0 Å². The van der Waals surface area contributed by atoms with E-state index < -0.39 is 0 Å². The highest BCUT2D eigenvalue weighted by atomic mass is 79.9. The molecule has 2 rings (SSSR count). The Labute approximate surface area is 125 Å². The van der Waals surface area contributed by atoms with Gasteiger partial charge in [-0.1, -0.05) is 13.0 Å². The third kappa shape index (κ3) is 3.84. The van der Waals surface area contributed by atoms with Crippen LogP contribution in [-0.4, -0.2) is 4.98 Å². The van der Waals surface area contributed by atoms with Crippen LogP contribution in [0.4, 0.5) is 4.39 Å². The monoisotopic (exact) mass is 342 g/mol. The molecule has 1 unspecified atom stereocenters. The van der Waals surface area contributed by atoms with Crippen molar-refractivity contribution < 1.29 is 4.39 Å². The summed E-state index contributed by atoms with van der Waals surface area (Å²) in [6, 6.07) is 5.27. The molecule has 1 aromatic carbocycles. The van der Waals surface area contributed by atoms with Gasteiger partial charge in [0.15, 0.2) is 0 Å². The molecule has 1 atom stereocenters. The number of nitrogens with one attached hydrogen (secondary N) is 1. The van der Waals surface area contributed by atoms with Gasteiger partial charge in [-0.3, -0.25) is 0 Å². The molecule has 102 valence electrons. The second-order valence-corrected chi connectivity index (χ2v) is 6.37. The van der Waals surface area contributed by atoms with Gasteiger partial charge in [0, 0.05) is 17.6 Å². The van der Waals surface area contributed by atoms with Crippen molar-refractivity contribution in [1.29, 1.82) is 0 Å². The van der Waals surface area contributed by atoms with Gasteiger partial charge in [-0.2, -0.15) is 0 Å². The minimum atomic E-state index is -0.232. The lowest BCUT2D eigenvalue weighted by Crippen LogP contribution is -2.17. The summed E-state index contributed by atoms with van der Waals surface area (Å²) >= 11 is 4.94. The first kappa shape index (κ1) is 14.6. The lowest BCUT2D eigenvalue weighted by Gasteiger charge is -2.11. The Hall–Kier alpha value is -0.780. The number of hydrogen-bond acceptors (Lipinski definition) is 3. The first-order valence-electron chi connectivity index (χ1n) is 6.22. The average Bonchev–Trinajstić information content (AvgIpc) is 2.88. The average molecular weight is 343 g/mol. The van der Waals surface area contributed by atoms with Gasteiger partial charge in [-0.05, 0) is 47.0 Å². The molecular formula is C14H16BrFN2S. The summed E-state index contributed by atoms with van der Waals surface area (Å²) in [5, 5.41) is 4.50. The van der Waals surface area contributed by atoms with Gasteiger partial charge in [0.2, 0.25) is 0 Å². The van der Waals surface area contributed by atoms with Crippen molar-refractivity contribution in [3.8, 4) is 0 Å². The largest absolute Gasteiger partial charge is 0.304 e. The smallest absolute Gasteiger partial charge is 0.137 e. The lowest BCUT2D eigenvalue weighted by molar-refractivity contribution is 0.569. The van der Waals surface area contributed by atoms with E-state index in [9.17, 15) is 4.39 Å². The number of benzene rings is 1. The van der Waals surface area contributed by atoms with E-state index in [2.05, 4.69) is 40.1 Å². The Bertz CT molecular complexity index is 556. The van der Waals surface area contributed by atoms with Crippen molar-refractivity contribution in [1.82, 2.24) is 10.3 Å². The van der Waals surface area contributed by atoms with Gasteiger partial charge in [-0.25, -0.2) is 9.37 Å². The Morgan fingerprint density at radius 1 is 1.47 bits per heavy atom. The molecule has 0 spiro atoms. The topological polar surface area (TPSA) is 24.9 Å². The molecule has 2 aromatic rings.